The summed E-state index contributed by atoms with van der Waals surface area (Å²) >= 11 is 0. The van der Waals surface area contributed by atoms with Crippen molar-refractivity contribution in [3.05, 3.63) is 0 Å². The van der Waals surface area contributed by atoms with Gasteiger partial charge in [0.1, 0.15) is 5.54 Å². The third-order valence-electron chi connectivity index (χ3n) is 3.68. The van der Waals surface area contributed by atoms with Crippen molar-refractivity contribution in [1.82, 2.24) is 10.6 Å². The number of carbonyl (C=O) groups excluding carboxylic acids is 1. The van der Waals surface area contributed by atoms with Crippen molar-refractivity contribution in [1.29, 1.82) is 0 Å². The van der Waals surface area contributed by atoms with Crippen molar-refractivity contribution in [3.8, 4) is 0 Å². The molecule has 1 atom stereocenters. The number of ether oxygens (including phenoxy) is 2. The number of hydrogen-bond acceptors (Lipinski definition) is 4. The van der Waals surface area contributed by atoms with Gasteiger partial charge in [-0.15, -0.1) is 0 Å². The first kappa shape index (κ1) is 14.1. The molecule has 7 nitrogen and oxygen atoms in total. The topological polar surface area (TPSA) is 96.9 Å². The Bertz CT molecular complexity index is 335. The Hall–Kier alpha value is -1.34. The number of amides is 2. The fourth-order valence-corrected chi connectivity index (χ4v) is 2.36. The standard InChI is InChI=1S/C12H20N2O5/c15-10(16)12(2-5-18-6-3-12)14-11(17)13-7-9-1-4-19-8-9/h9H,1-8H2,(H,15,16)(H2,13,14,17). The highest BCUT2D eigenvalue weighted by Gasteiger charge is 2.41. The highest BCUT2D eigenvalue weighted by Crippen LogP contribution is 2.21. The van der Waals surface area contributed by atoms with Crippen LogP contribution < -0.4 is 10.6 Å². The van der Waals surface area contributed by atoms with E-state index in [1.54, 1.807) is 0 Å². The molecule has 1 unspecified atom stereocenters. The fourth-order valence-electron chi connectivity index (χ4n) is 2.36. The van der Waals surface area contributed by atoms with Crippen LogP contribution in [0.15, 0.2) is 0 Å². The predicted molar refractivity (Wildman–Crippen MR) is 65.9 cm³/mol. The van der Waals surface area contributed by atoms with Gasteiger partial charge in [0.25, 0.3) is 0 Å². The molecule has 7 heteroatoms. The smallest absolute Gasteiger partial charge is 0.329 e. The van der Waals surface area contributed by atoms with Gasteiger partial charge in [-0.2, -0.15) is 0 Å². The molecule has 2 rings (SSSR count). The lowest BCUT2D eigenvalue weighted by molar-refractivity contribution is -0.148. The first-order valence-electron chi connectivity index (χ1n) is 6.57. The van der Waals surface area contributed by atoms with Crippen molar-refractivity contribution in [3.63, 3.8) is 0 Å². The minimum absolute atomic E-state index is 0.294. The molecule has 2 saturated heterocycles. The van der Waals surface area contributed by atoms with Crippen LogP contribution in [-0.2, 0) is 14.3 Å². The molecule has 2 fully saturated rings. The monoisotopic (exact) mass is 272 g/mol. The van der Waals surface area contributed by atoms with Crippen molar-refractivity contribution < 1.29 is 24.2 Å². The molecule has 0 aromatic heterocycles. The van der Waals surface area contributed by atoms with Gasteiger partial charge in [0.2, 0.25) is 0 Å². The molecule has 0 saturated carbocycles. The minimum atomic E-state index is -1.20. The second-order valence-electron chi connectivity index (χ2n) is 5.06. The van der Waals surface area contributed by atoms with Gasteiger partial charge in [-0.05, 0) is 6.42 Å². The van der Waals surface area contributed by atoms with Gasteiger partial charge in [0.05, 0.1) is 6.61 Å². The highest BCUT2D eigenvalue weighted by atomic mass is 16.5. The van der Waals surface area contributed by atoms with Crippen molar-refractivity contribution in [2.75, 3.05) is 33.0 Å². The van der Waals surface area contributed by atoms with Crippen molar-refractivity contribution in [2.45, 2.75) is 24.8 Å². The lowest BCUT2D eigenvalue weighted by atomic mass is 9.90. The molecule has 3 N–H and O–H groups in total. The summed E-state index contributed by atoms with van der Waals surface area (Å²) in [6.45, 7) is 2.59. The lowest BCUT2D eigenvalue weighted by Gasteiger charge is -2.33. The molecule has 0 spiro atoms. The van der Waals surface area contributed by atoms with E-state index in [0.29, 0.717) is 45.1 Å². The third-order valence-corrected chi connectivity index (χ3v) is 3.68. The Kier molecular flexibility index (Phi) is 4.60. The number of carboxylic acids is 1. The van der Waals surface area contributed by atoms with Crippen LogP contribution in [0.3, 0.4) is 0 Å². The van der Waals surface area contributed by atoms with E-state index in [2.05, 4.69) is 10.6 Å². The van der Waals surface area contributed by atoms with Crippen LogP contribution >= 0.6 is 0 Å². The van der Waals surface area contributed by atoms with Crippen LogP contribution in [0.5, 0.6) is 0 Å². The molecule has 2 aliphatic heterocycles. The maximum absolute atomic E-state index is 11.8. The molecular weight excluding hydrogens is 252 g/mol. The Balaban J connectivity index is 1.82. The SMILES string of the molecule is O=C(NCC1CCOC1)NC1(C(=O)O)CCOCC1. The number of carbonyl (C=O) groups is 2. The van der Waals surface area contributed by atoms with Gasteiger partial charge in [-0.25, -0.2) is 9.59 Å². The van der Waals surface area contributed by atoms with E-state index in [-0.39, 0.29) is 0 Å². The zero-order valence-corrected chi connectivity index (χ0v) is 10.8. The van der Waals surface area contributed by atoms with Crippen LogP contribution in [0.1, 0.15) is 19.3 Å². The van der Waals surface area contributed by atoms with Crippen molar-refractivity contribution in [2.24, 2.45) is 5.92 Å². The summed E-state index contributed by atoms with van der Waals surface area (Å²) in [5.41, 5.74) is -1.20. The predicted octanol–water partition coefficient (Wildman–Crippen LogP) is -0.0441. The largest absolute Gasteiger partial charge is 0.480 e. The summed E-state index contributed by atoms with van der Waals surface area (Å²) in [5.74, 6) is -0.684. The van der Waals surface area contributed by atoms with E-state index in [1.807, 2.05) is 0 Å². The number of nitrogens with one attached hydrogen (secondary N) is 2. The third kappa shape index (κ3) is 3.57. The quantitative estimate of drug-likeness (QED) is 0.667. The molecule has 0 bridgehead atoms. The van der Waals surface area contributed by atoms with E-state index < -0.39 is 17.5 Å². The summed E-state index contributed by atoms with van der Waals surface area (Å²) in [6, 6.07) is -0.434. The average Bonchev–Trinajstić information content (AvgIpc) is 2.90. The molecule has 0 radical (unpaired) electrons. The summed E-state index contributed by atoms with van der Waals surface area (Å²) in [7, 11) is 0. The van der Waals surface area contributed by atoms with Crippen molar-refractivity contribution >= 4 is 12.0 Å². The summed E-state index contributed by atoms with van der Waals surface area (Å²) in [4.78, 5) is 23.2. The van der Waals surface area contributed by atoms with Gasteiger partial charge in [0.15, 0.2) is 0 Å². The Labute approximate surface area is 111 Å². The van der Waals surface area contributed by atoms with Gasteiger partial charge < -0.3 is 25.2 Å². The second kappa shape index (κ2) is 6.21. The van der Waals surface area contributed by atoms with Gasteiger partial charge in [-0.3, -0.25) is 0 Å². The normalized spacial score (nSPS) is 25.8. The summed E-state index contributed by atoms with van der Waals surface area (Å²) in [6.07, 6.45) is 1.52. The number of aliphatic carboxylic acids is 1. The zero-order chi connectivity index (χ0) is 13.7. The van der Waals surface area contributed by atoms with E-state index in [1.165, 1.54) is 0 Å². The first-order chi connectivity index (χ1) is 9.12. The molecule has 108 valence electrons. The molecule has 2 amide bonds. The maximum Gasteiger partial charge on any atom is 0.329 e. The molecule has 2 aliphatic rings. The molecule has 0 aromatic carbocycles. The highest BCUT2D eigenvalue weighted by molar-refractivity contribution is 5.86. The minimum Gasteiger partial charge on any atom is -0.480 e. The Morgan fingerprint density at radius 3 is 2.53 bits per heavy atom. The molecule has 0 aliphatic carbocycles. The second-order valence-corrected chi connectivity index (χ2v) is 5.06. The Morgan fingerprint density at radius 1 is 1.21 bits per heavy atom. The van der Waals surface area contributed by atoms with E-state index in [0.717, 1.165) is 13.0 Å². The number of carboxylic acid groups (broad SMARTS) is 1. The molecular formula is C12H20N2O5. The summed E-state index contributed by atoms with van der Waals surface area (Å²) in [5, 5.41) is 14.6. The lowest BCUT2D eigenvalue weighted by Crippen LogP contribution is -2.59. The number of hydrogen-bond donors (Lipinski definition) is 3. The van der Waals surface area contributed by atoms with Gasteiger partial charge >= 0.3 is 12.0 Å². The zero-order valence-electron chi connectivity index (χ0n) is 10.8. The maximum atomic E-state index is 11.8. The van der Waals surface area contributed by atoms with E-state index >= 15 is 0 Å². The molecule has 19 heavy (non-hydrogen) atoms. The van der Waals surface area contributed by atoms with Gasteiger partial charge in [0, 0.05) is 45.1 Å². The fraction of sp³-hybridized carbons (Fsp3) is 0.833. The van der Waals surface area contributed by atoms with Crippen LogP contribution in [-0.4, -0.2) is 55.6 Å². The van der Waals surface area contributed by atoms with E-state index in [9.17, 15) is 14.7 Å². The average molecular weight is 272 g/mol. The Morgan fingerprint density at radius 2 is 1.95 bits per heavy atom. The molecule has 2 heterocycles. The van der Waals surface area contributed by atoms with Crippen LogP contribution in [0.25, 0.3) is 0 Å². The van der Waals surface area contributed by atoms with Crippen LogP contribution in [0.4, 0.5) is 4.79 Å². The van der Waals surface area contributed by atoms with Gasteiger partial charge in [-0.1, -0.05) is 0 Å². The number of urea groups is 1. The first-order valence-corrected chi connectivity index (χ1v) is 6.57. The number of rotatable bonds is 4. The summed E-state index contributed by atoms with van der Waals surface area (Å²) < 4.78 is 10.4. The van der Waals surface area contributed by atoms with Crippen LogP contribution in [0.2, 0.25) is 0 Å². The van der Waals surface area contributed by atoms with E-state index in [4.69, 9.17) is 9.47 Å². The molecule has 0 aromatic rings. The van der Waals surface area contributed by atoms with Crippen LogP contribution in [0, 0.1) is 5.92 Å².